The van der Waals surface area contributed by atoms with Gasteiger partial charge in [0.05, 0.1) is 12.1 Å². The molecule has 0 aliphatic heterocycles. The van der Waals surface area contributed by atoms with E-state index in [0.29, 0.717) is 25.6 Å². The van der Waals surface area contributed by atoms with Crippen LogP contribution < -0.4 is 10.6 Å². The molecule has 3 nitrogen and oxygen atoms in total. The smallest absolute Gasteiger partial charge is 0.357 e. The molecule has 132 valence electrons. The van der Waals surface area contributed by atoms with Crippen LogP contribution in [0.3, 0.4) is 0 Å². The summed E-state index contributed by atoms with van der Waals surface area (Å²) in [7, 11) is 0. The van der Waals surface area contributed by atoms with E-state index in [2.05, 4.69) is 15.6 Å². The summed E-state index contributed by atoms with van der Waals surface area (Å²) >= 11 is 1.62. The van der Waals surface area contributed by atoms with Gasteiger partial charge in [0.25, 0.3) is 0 Å². The van der Waals surface area contributed by atoms with Crippen LogP contribution >= 0.6 is 35.3 Å². The van der Waals surface area contributed by atoms with E-state index in [9.17, 15) is 13.2 Å². The third kappa shape index (κ3) is 6.68. The van der Waals surface area contributed by atoms with Gasteiger partial charge in [-0.2, -0.15) is 24.5 Å². The average molecular weight is 469 g/mol. The van der Waals surface area contributed by atoms with Gasteiger partial charge in [0, 0.05) is 13.1 Å². The Balaban J connectivity index is 0.00000288. The molecule has 1 aromatic heterocycles. The highest BCUT2D eigenvalue weighted by Crippen LogP contribution is 2.29. The molecular formula is C16H19F3IN3S. The average Bonchev–Trinajstić information content (AvgIpc) is 3.03. The predicted octanol–water partition coefficient (Wildman–Crippen LogP) is 4.64. The van der Waals surface area contributed by atoms with Crippen molar-refractivity contribution in [3.63, 3.8) is 0 Å². The monoisotopic (exact) mass is 469 g/mol. The Hall–Kier alpha value is -1.29. The normalized spacial score (nSPS) is 11.8. The van der Waals surface area contributed by atoms with Crippen LogP contribution in [0.25, 0.3) is 0 Å². The quantitative estimate of drug-likeness (QED) is 0.381. The first-order valence-corrected chi connectivity index (χ1v) is 8.12. The molecule has 1 heterocycles. The van der Waals surface area contributed by atoms with Crippen molar-refractivity contribution in [2.45, 2.75) is 26.2 Å². The van der Waals surface area contributed by atoms with Crippen LogP contribution in [0.2, 0.25) is 0 Å². The van der Waals surface area contributed by atoms with Gasteiger partial charge in [-0.05, 0) is 47.0 Å². The number of hydrogen-bond donors (Lipinski definition) is 2. The van der Waals surface area contributed by atoms with Crippen LogP contribution in [0.4, 0.5) is 13.2 Å². The van der Waals surface area contributed by atoms with E-state index in [4.69, 9.17) is 0 Å². The number of guanidine groups is 1. The number of alkyl halides is 3. The van der Waals surface area contributed by atoms with Gasteiger partial charge in [0.1, 0.15) is 0 Å². The SMILES string of the molecule is CCNC(=NCc1ccsc1)NCc1ccc(C(F)(F)F)cc1.I. The maximum absolute atomic E-state index is 12.5. The predicted molar refractivity (Wildman–Crippen MR) is 103 cm³/mol. The summed E-state index contributed by atoms with van der Waals surface area (Å²) in [6, 6.07) is 7.13. The minimum atomic E-state index is -4.30. The highest BCUT2D eigenvalue weighted by atomic mass is 127. The molecule has 0 bridgehead atoms. The van der Waals surface area contributed by atoms with Crippen LogP contribution in [-0.2, 0) is 19.3 Å². The van der Waals surface area contributed by atoms with Gasteiger partial charge < -0.3 is 10.6 Å². The number of nitrogens with one attached hydrogen (secondary N) is 2. The number of rotatable bonds is 5. The second-order valence-corrected chi connectivity index (χ2v) is 5.66. The Labute approximate surface area is 160 Å². The number of thiophene rings is 1. The lowest BCUT2D eigenvalue weighted by molar-refractivity contribution is -0.137. The molecule has 0 saturated carbocycles. The molecule has 0 saturated heterocycles. The Kier molecular flexibility index (Phi) is 8.54. The molecule has 0 unspecified atom stereocenters. The van der Waals surface area contributed by atoms with Crippen LogP contribution in [-0.4, -0.2) is 12.5 Å². The Morgan fingerprint density at radius 2 is 1.79 bits per heavy atom. The first kappa shape index (κ1) is 20.8. The lowest BCUT2D eigenvalue weighted by atomic mass is 10.1. The fourth-order valence-corrected chi connectivity index (χ4v) is 2.55. The van der Waals surface area contributed by atoms with Gasteiger partial charge in [-0.15, -0.1) is 24.0 Å². The summed E-state index contributed by atoms with van der Waals surface area (Å²) in [4.78, 5) is 4.45. The molecule has 0 atom stereocenters. The third-order valence-corrected chi connectivity index (χ3v) is 3.82. The van der Waals surface area contributed by atoms with E-state index in [-0.39, 0.29) is 24.0 Å². The highest BCUT2D eigenvalue weighted by molar-refractivity contribution is 14.0. The first-order valence-electron chi connectivity index (χ1n) is 7.18. The van der Waals surface area contributed by atoms with Crippen molar-refractivity contribution < 1.29 is 13.2 Å². The van der Waals surface area contributed by atoms with E-state index in [1.807, 2.05) is 23.8 Å². The standard InChI is InChI=1S/C16H18F3N3S.HI/c1-2-20-15(22-10-13-7-8-23-11-13)21-9-12-3-5-14(6-4-12)16(17,18)19;/h3-8,11H,2,9-10H2,1H3,(H2,20,21,22);1H. The molecule has 24 heavy (non-hydrogen) atoms. The largest absolute Gasteiger partial charge is 0.416 e. The fraction of sp³-hybridized carbons (Fsp3) is 0.312. The molecule has 2 aromatic rings. The lowest BCUT2D eigenvalue weighted by Crippen LogP contribution is -2.36. The van der Waals surface area contributed by atoms with Crippen molar-refractivity contribution in [1.29, 1.82) is 0 Å². The molecule has 0 spiro atoms. The molecular weight excluding hydrogens is 450 g/mol. The van der Waals surface area contributed by atoms with Crippen LogP contribution in [0.5, 0.6) is 0 Å². The molecule has 0 amide bonds. The van der Waals surface area contributed by atoms with Crippen LogP contribution in [0, 0.1) is 0 Å². The zero-order valence-electron chi connectivity index (χ0n) is 13.1. The topological polar surface area (TPSA) is 36.4 Å². The minimum Gasteiger partial charge on any atom is -0.357 e. The summed E-state index contributed by atoms with van der Waals surface area (Å²) in [5.41, 5.74) is 1.25. The molecule has 0 fully saturated rings. The molecule has 8 heteroatoms. The number of aliphatic imine (C=N–C) groups is 1. The minimum absolute atomic E-state index is 0. The van der Waals surface area contributed by atoms with Crippen molar-refractivity contribution in [3.05, 3.63) is 57.8 Å². The van der Waals surface area contributed by atoms with Gasteiger partial charge in [0.15, 0.2) is 5.96 Å². The van der Waals surface area contributed by atoms with E-state index in [1.54, 1.807) is 11.3 Å². The fourth-order valence-electron chi connectivity index (χ4n) is 1.89. The molecule has 2 N–H and O–H groups in total. The first-order chi connectivity index (χ1) is 11.0. The summed E-state index contributed by atoms with van der Waals surface area (Å²) < 4.78 is 37.6. The van der Waals surface area contributed by atoms with E-state index in [1.165, 1.54) is 12.1 Å². The van der Waals surface area contributed by atoms with Crippen molar-refractivity contribution in [3.8, 4) is 0 Å². The third-order valence-electron chi connectivity index (χ3n) is 3.09. The van der Waals surface area contributed by atoms with Gasteiger partial charge in [-0.1, -0.05) is 12.1 Å². The van der Waals surface area contributed by atoms with Gasteiger partial charge in [0.2, 0.25) is 0 Å². The number of hydrogen-bond acceptors (Lipinski definition) is 2. The van der Waals surface area contributed by atoms with Gasteiger partial charge in [-0.25, -0.2) is 4.99 Å². The number of halogens is 4. The zero-order chi connectivity index (χ0) is 16.7. The second kappa shape index (κ2) is 9.87. The number of nitrogens with zero attached hydrogens (tertiary/aromatic N) is 1. The molecule has 0 radical (unpaired) electrons. The highest BCUT2D eigenvalue weighted by Gasteiger charge is 2.29. The number of benzene rings is 1. The summed E-state index contributed by atoms with van der Waals surface area (Å²) in [6.45, 7) is 3.64. The molecule has 1 aromatic carbocycles. The maximum Gasteiger partial charge on any atom is 0.416 e. The van der Waals surface area contributed by atoms with Crippen molar-refractivity contribution in [1.82, 2.24) is 10.6 Å². The van der Waals surface area contributed by atoms with Gasteiger partial charge >= 0.3 is 6.18 Å². The summed E-state index contributed by atoms with van der Waals surface area (Å²) in [6.07, 6.45) is -4.30. The molecule has 2 rings (SSSR count). The second-order valence-electron chi connectivity index (χ2n) is 4.87. The maximum atomic E-state index is 12.5. The Morgan fingerprint density at radius 1 is 1.08 bits per heavy atom. The van der Waals surface area contributed by atoms with Crippen molar-refractivity contribution in [2.75, 3.05) is 6.54 Å². The Morgan fingerprint density at radius 3 is 2.33 bits per heavy atom. The van der Waals surface area contributed by atoms with E-state index in [0.717, 1.165) is 23.3 Å². The van der Waals surface area contributed by atoms with E-state index >= 15 is 0 Å². The molecule has 0 aliphatic rings. The van der Waals surface area contributed by atoms with Crippen molar-refractivity contribution >= 4 is 41.3 Å². The van der Waals surface area contributed by atoms with Crippen LogP contribution in [0.15, 0.2) is 46.1 Å². The summed E-state index contributed by atoms with van der Waals surface area (Å²) in [5, 5.41) is 10.3. The van der Waals surface area contributed by atoms with Crippen LogP contribution in [0.1, 0.15) is 23.6 Å². The summed E-state index contributed by atoms with van der Waals surface area (Å²) in [5.74, 6) is 0.638. The Bertz CT molecular complexity index is 625. The van der Waals surface area contributed by atoms with E-state index < -0.39 is 11.7 Å². The zero-order valence-corrected chi connectivity index (χ0v) is 16.2. The lowest BCUT2D eigenvalue weighted by Gasteiger charge is -2.12. The molecule has 0 aliphatic carbocycles. The van der Waals surface area contributed by atoms with Gasteiger partial charge in [-0.3, -0.25) is 0 Å². The van der Waals surface area contributed by atoms with Crippen molar-refractivity contribution in [2.24, 2.45) is 4.99 Å².